The maximum atomic E-state index is 13.2. The number of hydrogen-bond acceptors (Lipinski definition) is 4. The van der Waals surface area contributed by atoms with Crippen LogP contribution in [-0.4, -0.2) is 29.5 Å². The molecule has 0 bridgehead atoms. The van der Waals surface area contributed by atoms with Crippen LogP contribution in [0.2, 0.25) is 0 Å². The summed E-state index contributed by atoms with van der Waals surface area (Å²) in [6, 6.07) is 4.12. The smallest absolute Gasteiger partial charge is 0.201 e. The predicted octanol–water partition coefficient (Wildman–Crippen LogP) is 1.19. The van der Waals surface area contributed by atoms with Crippen molar-refractivity contribution in [2.24, 2.45) is 0 Å². The zero-order valence-electron chi connectivity index (χ0n) is 9.93. The van der Waals surface area contributed by atoms with E-state index >= 15 is 0 Å². The fourth-order valence-corrected chi connectivity index (χ4v) is 2.47. The Labute approximate surface area is 104 Å². The number of aromatic nitrogens is 2. The van der Waals surface area contributed by atoms with Gasteiger partial charge in [-0.1, -0.05) is 6.92 Å². The molecule has 0 saturated carbocycles. The van der Waals surface area contributed by atoms with E-state index in [9.17, 15) is 12.8 Å². The van der Waals surface area contributed by atoms with Gasteiger partial charge in [0.1, 0.15) is 5.82 Å². The first-order valence-electron chi connectivity index (χ1n) is 5.54. The van der Waals surface area contributed by atoms with E-state index in [0.717, 1.165) is 0 Å². The summed E-state index contributed by atoms with van der Waals surface area (Å²) in [5, 5.41) is 0. The van der Waals surface area contributed by atoms with E-state index in [4.69, 9.17) is 5.73 Å². The highest BCUT2D eigenvalue weighted by atomic mass is 32.2. The Morgan fingerprint density at radius 2 is 2.17 bits per heavy atom. The first kappa shape index (κ1) is 12.8. The van der Waals surface area contributed by atoms with Crippen molar-refractivity contribution >= 4 is 26.8 Å². The highest BCUT2D eigenvalue weighted by Crippen LogP contribution is 2.19. The highest BCUT2D eigenvalue weighted by molar-refractivity contribution is 7.91. The average Bonchev–Trinajstić information content (AvgIpc) is 2.62. The number of imidazole rings is 1. The van der Waals surface area contributed by atoms with Gasteiger partial charge < -0.3 is 10.3 Å². The lowest BCUT2D eigenvalue weighted by Gasteiger charge is -2.06. The molecule has 2 N–H and O–H groups in total. The molecule has 0 aliphatic carbocycles. The van der Waals surface area contributed by atoms with Crippen molar-refractivity contribution in [2.45, 2.75) is 13.5 Å². The second-order valence-corrected chi connectivity index (χ2v) is 6.46. The highest BCUT2D eigenvalue weighted by Gasteiger charge is 2.13. The zero-order valence-corrected chi connectivity index (χ0v) is 10.7. The molecule has 2 rings (SSSR count). The summed E-state index contributed by atoms with van der Waals surface area (Å²) in [7, 11) is -3.09. The number of hydrogen-bond donors (Lipinski definition) is 1. The summed E-state index contributed by atoms with van der Waals surface area (Å²) in [6.45, 7) is 1.77. The topological polar surface area (TPSA) is 78.0 Å². The standard InChI is InChI=1S/C11H14FN3O2S/c1-2-18(16,17)6-5-15-10-7-8(12)3-4-9(10)14-11(15)13/h3-4,7H,2,5-6H2,1H3,(H2,13,14). The van der Waals surface area contributed by atoms with E-state index in [1.807, 2.05) is 0 Å². The third-order valence-corrected chi connectivity index (χ3v) is 4.49. The SMILES string of the molecule is CCS(=O)(=O)CCn1c(N)nc2ccc(F)cc21. The number of benzene rings is 1. The van der Waals surface area contributed by atoms with Crippen LogP contribution >= 0.6 is 0 Å². The van der Waals surface area contributed by atoms with Gasteiger partial charge in [-0.15, -0.1) is 0 Å². The van der Waals surface area contributed by atoms with Crippen LogP contribution < -0.4 is 5.73 Å². The first-order valence-corrected chi connectivity index (χ1v) is 7.37. The van der Waals surface area contributed by atoms with Crippen molar-refractivity contribution in [3.8, 4) is 0 Å². The van der Waals surface area contributed by atoms with Crippen LogP contribution in [-0.2, 0) is 16.4 Å². The maximum Gasteiger partial charge on any atom is 0.201 e. The molecule has 0 radical (unpaired) electrons. The number of nitrogens with zero attached hydrogens (tertiary/aromatic N) is 2. The van der Waals surface area contributed by atoms with Crippen molar-refractivity contribution < 1.29 is 12.8 Å². The minimum absolute atomic E-state index is 0.0321. The molecule has 0 aliphatic rings. The van der Waals surface area contributed by atoms with Crippen LogP contribution in [0, 0.1) is 5.82 Å². The van der Waals surface area contributed by atoms with Crippen LogP contribution in [0.5, 0.6) is 0 Å². The average molecular weight is 271 g/mol. The number of rotatable bonds is 4. The van der Waals surface area contributed by atoms with Gasteiger partial charge in [0.05, 0.1) is 16.8 Å². The molecule has 0 fully saturated rings. The van der Waals surface area contributed by atoms with Crippen molar-refractivity contribution in [3.63, 3.8) is 0 Å². The third-order valence-electron chi connectivity index (χ3n) is 2.81. The molecule has 0 aliphatic heterocycles. The van der Waals surface area contributed by atoms with Crippen LogP contribution in [0.4, 0.5) is 10.3 Å². The first-order chi connectivity index (χ1) is 8.43. The van der Waals surface area contributed by atoms with Gasteiger partial charge in [-0.05, 0) is 18.2 Å². The van der Waals surface area contributed by atoms with Crippen molar-refractivity contribution in [3.05, 3.63) is 24.0 Å². The van der Waals surface area contributed by atoms with E-state index in [2.05, 4.69) is 4.98 Å². The summed E-state index contributed by atoms with van der Waals surface area (Å²) in [5.74, 6) is -0.160. The minimum Gasteiger partial charge on any atom is -0.369 e. The largest absolute Gasteiger partial charge is 0.369 e. The lowest BCUT2D eigenvalue weighted by Crippen LogP contribution is -2.15. The number of halogens is 1. The summed E-state index contributed by atoms with van der Waals surface area (Å²) in [4.78, 5) is 4.06. The monoisotopic (exact) mass is 271 g/mol. The van der Waals surface area contributed by atoms with Crippen LogP contribution in [0.3, 0.4) is 0 Å². The Morgan fingerprint density at radius 3 is 2.83 bits per heavy atom. The minimum atomic E-state index is -3.09. The molecule has 98 valence electrons. The quantitative estimate of drug-likeness (QED) is 0.906. The molecule has 0 unspecified atom stereocenters. The molecule has 0 atom stereocenters. The Morgan fingerprint density at radius 1 is 1.44 bits per heavy atom. The van der Waals surface area contributed by atoms with Crippen LogP contribution in [0.25, 0.3) is 11.0 Å². The van der Waals surface area contributed by atoms with Gasteiger partial charge in [-0.2, -0.15) is 0 Å². The van der Waals surface area contributed by atoms with Gasteiger partial charge in [0.15, 0.2) is 9.84 Å². The molecule has 5 nitrogen and oxygen atoms in total. The molecule has 1 heterocycles. The number of sulfone groups is 1. The molecule has 7 heteroatoms. The molecule has 18 heavy (non-hydrogen) atoms. The van der Waals surface area contributed by atoms with Crippen molar-refractivity contribution in [2.75, 3.05) is 17.2 Å². The molecular formula is C11H14FN3O2S. The lowest BCUT2D eigenvalue weighted by molar-refractivity contribution is 0.591. The fraction of sp³-hybridized carbons (Fsp3) is 0.364. The lowest BCUT2D eigenvalue weighted by atomic mass is 10.3. The van der Waals surface area contributed by atoms with Gasteiger partial charge >= 0.3 is 0 Å². The van der Waals surface area contributed by atoms with Gasteiger partial charge in [-0.25, -0.2) is 17.8 Å². The van der Waals surface area contributed by atoms with Gasteiger partial charge in [-0.3, -0.25) is 0 Å². The van der Waals surface area contributed by atoms with Crippen LogP contribution in [0.15, 0.2) is 18.2 Å². The summed E-state index contributed by atoms with van der Waals surface area (Å²) in [5.41, 5.74) is 6.78. The zero-order chi connectivity index (χ0) is 13.3. The van der Waals surface area contributed by atoms with Crippen LogP contribution in [0.1, 0.15) is 6.92 Å². The number of nitrogen functional groups attached to an aromatic ring is 1. The molecule has 1 aromatic heterocycles. The summed E-state index contributed by atoms with van der Waals surface area (Å²) < 4.78 is 37.6. The molecule has 2 aromatic rings. The van der Waals surface area contributed by atoms with E-state index in [1.54, 1.807) is 6.92 Å². The Balaban J connectivity index is 2.38. The Bertz CT molecular complexity index is 679. The Hall–Kier alpha value is -1.63. The van der Waals surface area contributed by atoms with Crippen molar-refractivity contribution in [1.82, 2.24) is 9.55 Å². The molecule has 0 amide bonds. The van der Waals surface area contributed by atoms with Crippen molar-refractivity contribution in [1.29, 1.82) is 0 Å². The number of aryl methyl sites for hydroxylation is 1. The molecule has 1 aromatic carbocycles. The predicted molar refractivity (Wildman–Crippen MR) is 68.4 cm³/mol. The summed E-state index contributed by atoms with van der Waals surface area (Å²) >= 11 is 0. The number of anilines is 1. The van der Waals surface area contributed by atoms with E-state index < -0.39 is 15.7 Å². The third kappa shape index (κ3) is 2.45. The summed E-state index contributed by atoms with van der Waals surface area (Å²) in [6.07, 6.45) is 0. The molecule has 0 saturated heterocycles. The van der Waals surface area contributed by atoms with Gasteiger partial charge in [0.2, 0.25) is 5.95 Å². The number of nitrogens with two attached hydrogens (primary N) is 1. The molecule has 0 spiro atoms. The van der Waals surface area contributed by atoms with E-state index in [-0.39, 0.29) is 24.0 Å². The van der Waals surface area contributed by atoms with Gasteiger partial charge in [0.25, 0.3) is 0 Å². The van der Waals surface area contributed by atoms with E-state index in [0.29, 0.717) is 11.0 Å². The molecular weight excluding hydrogens is 257 g/mol. The second kappa shape index (κ2) is 4.56. The maximum absolute atomic E-state index is 13.2. The van der Waals surface area contributed by atoms with E-state index in [1.165, 1.54) is 22.8 Å². The van der Waals surface area contributed by atoms with Gasteiger partial charge in [0, 0.05) is 12.3 Å². The fourth-order valence-electron chi connectivity index (χ4n) is 1.72. The normalized spacial score (nSPS) is 12.1. The Kier molecular flexibility index (Phi) is 3.25. The number of fused-ring (bicyclic) bond motifs is 1. The second-order valence-electron chi connectivity index (χ2n) is 3.99.